The quantitative estimate of drug-likeness (QED) is 0.855. The first-order valence-corrected chi connectivity index (χ1v) is 9.61. The highest BCUT2D eigenvalue weighted by molar-refractivity contribution is 7.10. The molecule has 1 saturated heterocycles. The summed E-state index contributed by atoms with van der Waals surface area (Å²) in [7, 11) is 0. The molecule has 3 rings (SSSR count). The minimum atomic E-state index is -0.890. The minimum Gasteiger partial charge on any atom is -0.481 e. The van der Waals surface area contributed by atoms with Gasteiger partial charge in [0.05, 0.1) is 10.8 Å². The van der Waals surface area contributed by atoms with E-state index in [0.29, 0.717) is 26.1 Å². The Morgan fingerprint density at radius 2 is 1.88 bits per heavy atom. The van der Waals surface area contributed by atoms with Gasteiger partial charge >= 0.3 is 5.97 Å². The topological polar surface area (TPSA) is 75.6 Å². The van der Waals surface area contributed by atoms with E-state index >= 15 is 0 Å². The van der Waals surface area contributed by atoms with Crippen LogP contribution in [0.15, 0.2) is 17.5 Å². The summed E-state index contributed by atoms with van der Waals surface area (Å²) in [6.45, 7) is 1.08. The molecule has 5 nitrogen and oxygen atoms in total. The van der Waals surface area contributed by atoms with Gasteiger partial charge in [-0.1, -0.05) is 25.3 Å². The van der Waals surface area contributed by atoms with Crippen LogP contribution in [0.1, 0.15) is 49.8 Å². The Labute approximate surface area is 146 Å². The first-order valence-electron chi connectivity index (χ1n) is 8.73. The number of amides is 1. The maximum Gasteiger partial charge on any atom is 0.311 e. The summed E-state index contributed by atoms with van der Waals surface area (Å²) < 4.78 is 5.30. The van der Waals surface area contributed by atoms with E-state index < -0.39 is 16.8 Å². The molecule has 1 aromatic rings. The molecule has 2 heterocycles. The highest BCUT2D eigenvalue weighted by atomic mass is 32.1. The maximum absolute atomic E-state index is 13.1. The van der Waals surface area contributed by atoms with Crippen molar-refractivity contribution in [3.8, 4) is 0 Å². The SMILES string of the molecule is O=C(O)C1(CNC(=O)C2(c3cccs3)CCCCC2)CCOCC1. The third-order valence-electron chi connectivity index (χ3n) is 5.63. The Morgan fingerprint density at radius 1 is 1.17 bits per heavy atom. The van der Waals surface area contributed by atoms with Crippen molar-refractivity contribution in [1.29, 1.82) is 0 Å². The van der Waals surface area contributed by atoms with Crippen LogP contribution in [0.3, 0.4) is 0 Å². The van der Waals surface area contributed by atoms with Crippen molar-refractivity contribution in [2.24, 2.45) is 5.41 Å². The molecule has 132 valence electrons. The van der Waals surface area contributed by atoms with Crippen LogP contribution in [0.2, 0.25) is 0 Å². The molecule has 0 atom stereocenters. The number of hydrogen-bond acceptors (Lipinski definition) is 4. The lowest BCUT2D eigenvalue weighted by atomic mass is 9.72. The first kappa shape index (κ1) is 17.4. The van der Waals surface area contributed by atoms with Crippen LogP contribution in [-0.4, -0.2) is 36.7 Å². The summed E-state index contributed by atoms with van der Waals surface area (Å²) in [6.07, 6.45) is 5.86. The largest absolute Gasteiger partial charge is 0.481 e. The normalized spacial score (nSPS) is 22.7. The van der Waals surface area contributed by atoms with Crippen molar-refractivity contribution in [1.82, 2.24) is 5.32 Å². The van der Waals surface area contributed by atoms with Crippen molar-refractivity contribution < 1.29 is 19.4 Å². The monoisotopic (exact) mass is 351 g/mol. The smallest absolute Gasteiger partial charge is 0.311 e. The van der Waals surface area contributed by atoms with Gasteiger partial charge in [-0.3, -0.25) is 9.59 Å². The van der Waals surface area contributed by atoms with Crippen molar-refractivity contribution in [3.05, 3.63) is 22.4 Å². The molecule has 1 aliphatic carbocycles. The first-order chi connectivity index (χ1) is 11.6. The number of thiophene rings is 1. The van der Waals surface area contributed by atoms with Gasteiger partial charge in [-0.05, 0) is 37.1 Å². The molecule has 0 aromatic carbocycles. The molecular weight excluding hydrogens is 326 g/mol. The molecule has 1 aliphatic heterocycles. The number of nitrogens with one attached hydrogen (secondary N) is 1. The van der Waals surface area contributed by atoms with Gasteiger partial charge in [-0.15, -0.1) is 11.3 Å². The Hall–Kier alpha value is -1.40. The molecular formula is C18H25NO4S. The van der Waals surface area contributed by atoms with E-state index in [4.69, 9.17) is 4.74 Å². The number of aliphatic carboxylic acids is 1. The second kappa shape index (κ2) is 7.23. The van der Waals surface area contributed by atoms with Gasteiger partial charge in [-0.25, -0.2) is 0 Å². The van der Waals surface area contributed by atoms with E-state index in [1.807, 2.05) is 17.5 Å². The summed E-state index contributed by atoms with van der Waals surface area (Å²) in [6, 6.07) is 4.03. The van der Waals surface area contributed by atoms with Gasteiger partial charge in [0.25, 0.3) is 0 Å². The van der Waals surface area contributed by atoms with Gasteiger partial charge in [0.2, 0.25) is 5.91 Å². The third-order valence-corrected chi connectivity index (χ3v) is 6.70. The lowest BCUT2D eigenvalue weighted by Gasteiger charge is -2.38. The number of rotatable bonds is 5. The van der Waals surface area contributed by atoms with Gasteiger partial charge in [0.1, 0.15) is 0 Å². The standard InChI is InChI=1S/C18H25NO4S/c20-15(19-13-17(16(21)22)8-10-23-11-9-17)18(6-2-1-3-7-18)14-5-4-12-24-14/h4-5,12H,1-3,6-11,13H2,(H,19,20)(H,21,22). The molecule has 0 bridgehead atoms. The highest BCUT2D eigenvalue weighted by Gasteiger charge is 2.45. The molecule has 0 unspecified atom stereocenters. The summed E-state index contributed by atoms with van der Waals surface area (Å²) in [5.41, 5.74) is -1.36. The van der Waals surface area contributed by atoms with Gasteiger partial charge < -0.3 is 15.2 Å². The Bertz CT molecular complexity index is 572. The lowest BCUT2D eigenvalue weighted by Crippen LogP contribution is -2.52. The minimum absolute atomic E-state index is 0.00299. The molecule has 1 saturated carbocycles. The van der Waals surface area contributed by atoms with E-state index in [0.717, 1.165) is 37.0 Å². The Balaban J connectivity index is 1.75. The molecule has 1 aromatic heterocycles. The third kappa shape index (κ3) is 3.22. The molecule has 6 heteroatoms. The zero-order valence-corrected chi connectivity index (χ0v) is 14.7. The average Bonchev–Trinajstić information content (AvgIpc) is 3.16. The number of carboxylic acid groups (broad SMARTS) is 1. The molecule has 24 heavy (non-hydrogen) atoms. The van der Waals surface area contributed by atoms with E-state index in [9.17, 15) is 14.7 Å². The fraction of sp³-hybridized carbons (Fsp3) is 0.667. The maximum atomic E-state index is 13.1. The van der Waals surface area contributed by atoms with Crippen molar-refractivity contribution >= 4 is 23.2 Å². The van der Waals surface area contributed by atoms with E-state index in [1.54, 1.807) is 11.3 Å². The predicted molar refractivity (Wildman–Crippen MR) is 92.2 cm³/mol. The van der Waals surface area contributed by atoms with Crippen LogP contribution < -0.4 is 5.32 Å². The highest BCUT2D eigenvalue weighted by Crippen LogP contribution is 2.42. The summed E-state index contributed by atoms with van der Waals surface area (Å²) >= 11 is 1.63. The van der Waals surface area contributed by atoms with Crippen LogP contribution in [0.5, 0.6) is 0 Å². The zero-order chi connectivity index (χ0) is 17.0. The van der Waals surface area contributed by atoms with Crippen LogP contribution in [0, 0.1) is 5.41 Å². The lowest BCUT2D eigenvalue weighted by molar-refractivity contribution is -0.155. The second-order valence-electron chi connectivity index (χ2n) is 7.00. The predicted octanol–water partition coefficient (Wildman–Crippen LogP) is 2.95. The second-order valence-corrected chi connectivity index (χ2v) is 7.95. The van der Waals surface area contributed by atoms with Crippen LogP contribution in [-0.2, 0) is 19.7 Å². The van der Waals surface area contributed by atoms with Gasteiger partial charge in [0, 0.05) is 24.6 Å². The van der Waals surface area contributed by atoms with Gasteiger partial charge in [0.15, 0.2) is 0 Å². The van der Waals surface area contributed by atoms with Crippen molar-refractivity contribution in [2.75, 3.05) is 19.8 Å². The Morgan fingerprint density at radius 3 is 2.46 bits per heavy atom. The summed E-state index contributed by atoms with van der Waals surface area (Å²) in [5, 5.41) is 14.7. The summed E-state index contributed by atoms with van der Waals surface area (Å²) in [5.74, 6) is -0.836. The molecule has 1 amide bonds. The molecule has 0 radical (unpaired) electrons. The average molecular weight is 351 g/mol. The molecule has 2 N–H and O–H groups in total. The van der Waals surface area contributed by atoms with Gasteiger partial charge in [-0.2, -0.15) is 0 Å². The number of carbonyl (C=O) groups is 2. The summed E-state index contributed by atoms with van der Waals surface area (Å²) in [4.78, 5) is 26.0. The zero-order valence-electron chi connectivity index (χ0n) is 13.9. The van der Waals surface area contributed by atoms with Crippen LogP contribution in [0.4, 0.5) is 0 Å². The number of hydrogen-bond donors (Lipinski definition) is 2. The number of carbonyl (C=O) groups excluding carboxylic acids is 1. The van der Waals surface area contributed by atoms with Crippen molar-refractivity contribution in [3.63, 3.8) is 0 Å². The fourth-order valence-electron chi connectivity index (χ4n) is 3.94. The van der Waals surface area contributed by atoms with Crippen molar-refractivity contribution in [2.45, 2.75) is 50.4 Å². The van der Waals surface area contributed by atoms with Crippen LogP contribution in [0.25, 0.3) is 0 Å². The fourth-order valence-corrected chi connectivity index (χ4v) is 4.92. The molecule has 0 spiro atoms. The number of carboxylic acids is 1. The Kier molecular flexibility index (Phi) is 5.25. The van der Waals surface area contributed by atoms with E-state index in [2.05, 4.69) is 5.32 Å². The number of ether oxygens (including phenoxy) is 1. The van der Waals surface area contributed by atoms with E-state index in [-0.39, 0.29) is 12.5 Å². The molecule has 2 fully saturated rings. The van der Waals surface area contributed by atoms with Crippen LogP contribution >= 0.6 is 11.3 Å². The molecule has 2 aliphatic rings. The van der Waals surface area contributed by atoms with E-state index in [1.165, 1.54) is 0 Å².